The normalized spacial score (nSPS) is 17.0. The highest BCUT2D eigenvalue weighted by molar-refractivity contribution is 7.92. The molecule has 6 nitrogen and oxygen atoms in total. The Morgan fingerprint density at radius 1 is 1.38 bits per heavy atom. The van der Waals surface area contributed by atoms with Gasteiger partial charge in [-0.1, -0.05) is 6.07 Å². The van der Waals surface area contributed by atoms with E-state index in [1.807, 2.05) is 23.6 Å². The second kappa shape index (κ2) is 5.56. The third-order valence-electron chi connectivity index (χ3n) is 4.31. The Labute approximate surface area is 144 Å². The van der Waals surface area contributed by atoms with Crippen LogP contribution in [0.5, 0.6) is 0 Å². The highest BCUT2D eigenvalue weighted by Crippen LogP contribution is 2.35. The van der Waals surface area contributed by atoms with Gasteiger partial charge >= 0.3 is 0 Å². The molecule has 1 fully saturated rings. The van der Waals surface area contributed by atoms with E-state index >= 15 is 0 Å². The zero-order valence-corrected chi connectivity index (χ0v) is 14.8. The molecule has 1 amide bonds. The first-order chi connectivity index (χ1) is 11.4. The van der Waals surface area contributed by atoms with Crippen molar-refractivity contribution in [3.8, 4) is 11.3 Å². The van der Waals surface area contributed by atoms with E-state index in [9.17, 15) is 13.2 Å². The molecule has 2 heterocycles. The number of carbonyl (C=O) groups is 1. The van der Waals surface area contributed by atoms with Crippen molar-refractivity contribution in [2.75, 3.05) is 22.4 Å². The molecular weight excluding hydrogens is 346 g/mol. The fourth-order valence-corrected chi connectivity index (χ4v) is 4.57. The van der Waals surface area contributed by atoms with E-state index in [-0.39, 0.29) is 11.8 Å². The maximum Gasteiger partial charge on any atom is 0.232 e. The van der Waals surface area contributed by atoms with Crippen LogP contribution in [0.3, 0.4) is 0 Å². The third-order valence-corrected chi connectivity index (χ3v) is 6.25. The monoisotopic (exact) mass is 363 g/mol. The van der Waals surface area contributed by atoms with Crippen molar-refractivity contribution in [3.05, 3.63) is 29.1 Å². The number of hydrogen-bond donors (Lipinski definition) is 1. The summed E-state index contributed by atoms with van der Waals surface area (Å²) in [6.45, 7) is 0.484. The van der Waals surface area contributed by atoms with Gasteiger partial charge in [0.15, 0.2) is 5.13 Å². The molecule has 0 radical (unpaired) electrons. The standard InChI is InChI=1S/C16H17N3O3S2/c1-24(21,22)19-7-6-12-8-11(4-5-14(12)19)13-9-23-16(17-13)18-15(20)10-2-3-10/h4-5,8-10H,2-3,6-7H2,1H3,(H,17,18,20). The number of sulfonamides is 1. The molecular formula is C16H17N3O3S2. The maximum absolute atomic E-state index is 11.8. The van der Waals surface area contributed by atoms with Crippen LogP contribution in [0.1, 0.15) is 18.4 Å². The van der Waals surface area contributed by atoms with Crippen LogP contribution >= 0.6 is 11.3 Å². The summed E-state index contributed by atoms with van der Waals surface area (Å²) in [6, 6.07) is 5.70. The zero-order chi connectivity index (χ0) is 16.9. The SMILES string of the molecule is CS(=O)(=O)N1CCc2cc(-c3csc(NC(=O)C4CC4)n3)ccc21. The van der Waals surface area contributed by atoms with Gasteiger partial charge in [-0.05, 0) is 37.0 Å². The summed E-state index contributed by atoms with van der Waals surface area (Å²) in [5.74, 6) is 0.202. The average molecular weight is 363 g/mol. The van der Waals surface area contributed by atoms with Crippen molar-refractivity contribution in [1.82, 2.24) is 4.98 Å². The Balaban J connectivity index is 1.57. The summed E-state index contributed by atoms with van der Waals surface area (Å²) >= 11 is 1.41. The molecule has 0 spiro atoms. The minimum absolute atomic E-state index is 0.0497. The van der Waals surface area contributed by atoms with E-state index in [2.05, 4.69) is 10.3 Å². The Morgan fingerprint density at radius 3 is 2.88 bits per heavy atom. The number of rotatable bonds is 4. The number of nitrogens with zero attached hydrogens (tertiary/aromatic N) is 2. The van der Waals surface area contributed by atoms with Crippen molar-refractivity contribution in [3.63, 3.8) is 0 Å². The lowest BCUT2D eigenvalue weighted by molar-refractivity contribution is -0.117. The van der Waals surface area contributed by atoms with Crippen LogP contribution in [0.4, 0.5) is 10.8 Å². The first kappa shape index (κ1) is 15.6. The Bertz CT molecular complexity index is 916. The molecule has 2 aromatic rings. The summed E-state index contributed by atoms with van der Waals surface area (Å²) in [7, 11) is -3.23. The molecule has 0 atom stereocenters. The second-order valence-corrected chi connectivity index (χ2v) is 8.99. The average Bonchev–Trinajstić information content (AvgIpc) is 3.12. The van der Waals surface area contributed by atoms with E-state index < -0.39 is 10.0 Å². The first-order valence-corrected chi connectivity index (χ1v) is 10.5. The Hall–Kier alpha value is -1.93. The molecule has 1 aliphatic carbocycles. The number of thiazole rings is 1. The van der Waals surface area contributed by atoms with Crippen molar-refractivity contribution in [1.29, 1.82) is 0 Å². The van der Waals surface area contributed by atoms with Crippen molar-refractivity contribution in [2.24, 2.45) is 5.92 Å². The maximum atomic E-state index is 11.8. The van der Waals surface area contributed by atoms with Gasteiger partial charge in [0.05, 0.1) is 17.6 Å². The quantitative estimate of drug-likeness (QED) is 0.905. The molecule has 1 saturated carbocycles. The van der Waals surface area contributed by atoms with Gasteiger partial charge in [0.25, 0.3) is 0 Å². The molecule has 0 saturated heterocycles. The van der Waals surface area contributed by atoms with Gasteiger partial charge in [-0.25, -0.2) is 13.4 Å². The Kier molecular flexibility index (Phi) is 3.61. The predicted molar refractivity (Wildman–Crippen MR) is 94.8 cm³/mol. The van der Waals surface area contributed by atoms with Gasteiger partial charge < -0.3 is 5.32 Å². The molecule has 24 heavy (non-hydrogen) atoms. The number of fused-ring (bicyclic) bond motifs is 1. The van der Waals surface area contributed by atoms with E-state index in [4.69, 9.17) is 0 Å². The minimum Gasteiger partial charge on any atom is -0.302 e. The van der Waals surface area contributed by atoms with E-state index in [1.54, 1.807) is 0 Å². The van der Waals surface area contributed by atoms with E-state index in [0.29, 0.717) is 18.1 Å². The number of benzene rings is 1. The molecule has 2 aliphatic rings. The number of nitrogens with one attached hydrogen (secondary N) is 1. The number of aromatic nitrogens is 1. The molecule has 4 rings (SSSR count). The van der Waals surface area contributed by atoms with Crippen LogP contribution in [0.25, 0.3) is 11.3 Å². The van der Waals surface area contributed by atoms with Crippen molar-refractivity contribution >= 4 is 38.1 Å². The zero-order valence-electron chi connectivity index (χ0n) is 13.2. The van der Waals surface area contributed by atoms with Crippen LogP contribution in [0.2, 0.25) is 0 Å². The number of hydrogen-bond acceptors (Lipinski definition) is 5. The molecule has 1 N–H and O–H groups in total. The summed E-state index contributed by atoms with van der Waals surface area (Å²) in [5, 5.41) is 5.38. The minimum atomic E-state index is -3.23. The highest BCUT2D eigenvalue weighted by Gasteiger charge is 2.30. The lowest BCUT2D eigenvalue weighted by Gasteiger charge is -2.16. The van der Waals surface area contributed by atoms with Crippen LogP contribution in [0.15, 0.2) is 23.6 Å². The fourth-order valence-electron chi connectivity index (χ4n) is 2.89. The van der Waals surface area contributed by atoms with Crippen molar-refractivity contribution < 1.29 is 13.2 Å². The Morgan fingerprint density at radius 2 is 2.17 bits per heavy atom. The number of amides is 1. The molecule has 8 heteroatoms. The van der Waals surface area contributed by atoms with Crippen LogP contribution in [-0.4, -0.2) is 32.1 Å². The predicted octanol–water partition coefficient (Wildman–Crippen LogP) is 2.48. The van der Waals surface area contributed by atoms with Gasteiger partial charge in [-0.3, -0.25) is 9.10 Å². The molecule has 0 unspecified atom stereocenters. The fraction of sp³-hybridized carbons (Fsp3) is 0.375. The molecule has 1 aromatic heterocycles. The van der Waals surface area contributed by atoms with E-state index in [1.165, 1.54) is 21.9 Å². The lowest BCUT2D eigenvalue weighted by atomic mass is 10.1. The summed E-state index contributed by atoms with van der Waals surface area (Å²) in [6.07, 6.45) is 3.86. The van der Waals surface area contributed by atoms with Crippen LogP contribution < -0.4 is 9.62 Å². The highest BCUT2D eigenvalue weighted by atomic mass is 32.2. The first-order valence-electron chi connectivity index (χ1n) is 7.79. The smallest absolute Gasteiger partial charge is 0.232 e. The second-order valence-electron chi connectivity index (χ2n) is 6.23. The van der Waals surface area contributed by atoms with E-state index in [0.717, 1.165) is 35.3 Å². The summed E-state index contributed by atoms with van der Waals surface area (Å²) < 4.78 is 25.0. The molecule has 0 bridgehead atoms. The third kappa shape index (κ3) is 2.91. The van der Waals surface area contributed by atoms with Gasteiger partial charge in [0, 0.05) is 23.4 Å². The number of carbonyl (C=O) groups excluding carboxylic acids is 1. The summed E-state index contributed by atoms with van der Waals surface area (Å²) in [4.78, 5) is 16.3. The molecule has 126 valence electrons. The van der Waals surface area contributed by atoms with Crippen LogP contribution in [0, 0.1) is 5.92 Å². The van der Waals surface area contributed by atoms with Gasteiger partial charge in [-0.15, -0.1) is 11.3 Å². The largest absolute Gasteiger partial charge is 0.302 e. The lowest BCUT2D eigenvalue weighted by Crippen LogP contribution is -2.27. The summed E-state index contributed by atoms with van der Waals surface area (Å²) in [5.41, 5.74) is 3.49. The van der Waals surface area contributed by atoms with Crippen molar-refractivity contribution in [2.45, 2.75) is 19.3 Å². The number of anilines is 2. The van der Waals surface area contributed by atoms with Gasteiger partial charge in [0.1, 0.15) is 0 Å². The van der Waals surface area contributed by atoms with Gasteiger partial charge in [0.2, 0.25) is 15.9 Å². The van der Waals surface area contributed by atoms with Crippen LogP contribution in [-0.2, 0) is 21.2 Å². The molecule has 1 aromatic carbocycles. The van der Waals surface area contributed by atoms with Gasteiger partial charge in [-0.2, -0.15) is 0 Å². The molecule has 1 aliphatic heterocycles. The topological polar surface area (TPSA) is 79.4 Å².